The lowest BCUT2D eigenvalue weighted by atomic mass is 10.1. The van der Waals surface area contributed by atoms with Gasteiger partial charge in [0.05, 0.1) is 13.1 Å². The summed E-state index contributed by atoms with van der Waals surface area (Å²) in [6.07, 6.45) is -3.48. The second kappa shape index (κ2) is 8.88. The number of amides is 1. The minimum Gasteiger partial charge on any atom is -0.396 e. The Hall–Kier alpha value is -1.60. The molecule has 0 heterocycles. The van der Waals surface area contributed by atoms with E-state index in [1.165, 1.54) is 0 Å². The zero-order chi connectivity index (χ0) is 17.5. The molecule has 0 saturated carbocycles. The minimum atomic E-state index is -4.38. The monoisotopic (exact) mass is 332 g/mol. The molecular formula is C16H23F3N2O2. The van der Waals surface area contributed by atoms with Gasteiger partial charge in [-0.05, 0) is 30.9 Å². The van der Waals surface area contributed by atoms with E-state index in [4.69, 9.17) is 5.11 Å². The van der Waals surface area contributed by atoms with Gasteiger partial charge in [-0.15, -0.1) is 0 Å². The van der Waals surface area contributed by atoms with E-state index < -0.39 is 18.6 Å². The number of aryl methyl sites for hydroxylation is 2. The van der Waals surface area contributed by atoms with Crippen molar-refractivity contribution in [2.24, 2.45) is 0 Å². The largest absolute Gasteiger partial charge is 0.401 e. The van der Waals surface area contributed by atoms with Gasteiger partial charge in [-0.25, -0.2) is 0 Å². The van der Waals surface area contributed by atoms with Crippen LogP contribution in [0.2, 0.25) is 0 Å². The van der Waals surface area contributed by atoms with E-state index in [0.29, 0.717) is 12.1 Å². The number of anilines is 1. The maximum atomic E-state index is 12.6. The molecule has 7 heteroatoms. The van der Waals surface area contributed by atoms with Crippen LogP contribution in [0.15, 0.2) is 18.2 Å². The third-order valence-electron chi connectivity index (χ3n) is 3.41. The normalized spacial score (nSPS) is 11.8. The number of halogens is 3. The molecule has 1 amide bonds. The minimum absolute atomic E-state index is 0.0117. The molecule has 0 aliphatic rings. The fourth-order valence-electron chi connectivity index (χ4n) is 2.35. The third-order valence-corrected chi connectivity index (χ3v) is 3.41. The Balaban J connectivity index is 2.75. The summed E-state index contributed by atoms with van der Waals surface area (Å²) in [6.45, 7) is 2.05. The summed E-state index contributed by atoms with van der Waals surface area (Å²) in [7, 11) is 0. The second-order valence-electron chi connectivity index (χ2n) is 5.41. The Bertz CT molecular complexity index is 519. The molecule has 0 fully saturated rings. The van der Waals surface area contributed by atoms with Crippen LogP contribution >= 0.6 is 0 Å². The molecular weight excluding hydrogens is 309 g/mol. The molecule has 1 rings (SSSR count). The highest BCUT2D eigenvalue weighted by Gasteiger charge is 2.31. The second-order valence-corrected chi connectivity index (χ2v) is 5.41. The van der Waals surface area contributed by atoms with Gasteiger partial charge in [0.25, 0.3) is 0 Å². The standard InChI is InChI=1S/C16H23F3N2O2/c1-3-13-7-4-6-12(2)15(13)20-14(23)10-21(8-5-9-22)11-16(17,18)19/h4,6-7,22H,3,5,8-11H2,1-2H3,(H,20,23). The van der Waals surface area contributed by atoms with Crippen molar-refractivity contribution in [3.05, 3.63) is 29.3 Å². The number of hydrogen-bond donors (Lipinski definition) is 2. The molecule has 0 unspecified atom stereocenters. The van der Waals surface area contributed by atoms with Gasteiger partial charge in [0.1, 0.15) is 0 Å². The molecule has 0 aromatic heterocycles. The topological polar surface area (TPSA) is 52.6 Å². The number of aliphatic hydroxyl groups excluding tert-OH is 1. The summed E-state index contributed by atoms with van der Waals surface area (Å²) >= 11 is 0. The maximum absolute atomic E-state index is 12.6. The number of aliphatic hydroxyl groups is 1. The van der Waals surface area contributed by atoms with E-state index in [1.807, 2.05) is 32.0 Å². The van der Waals surface area contributed by atoms with Gasteiger partial charge in [-0.2, -0.15) is 13.2 Å². The van der Waals surface area contributed by atoms with Crippen LogP contribution in [0, 0.1) is 6.92 Å². The number of para-hydroxylation sites is 1. The molecule has 4 nitrogen and oxygen atoms in total. The smallest absolute Gasteiger partial charge is 0.396 e. The predicted molar refractivity (Wildman–Crippen MR) is 83.4 cm³/mol. The zero-order valence-electron chi connectivity index (χ0n) is 13.4. The third kappa shape index (κ3) is 7.00. The SMILES string of the molecule is CCc1cccc(C)c1NC(=O)CN(CCCO)CC(F)(F)F. The van der Waals surface area contributed by atoms with Crippen molar-refractivity contribution in [2.75, 3.05) is 31.6 Å². The number of hydrogen-bond acceptors (Lipinski definition) is 3. The number of nitrogens with one attached hydrogen (secondary N) is 1. The average Bonchev–Trinajstić information content (AvgIpc) is 2.45. The first kappa shape index (κ1) is 19.4. The van der Waals surface area contributed by atoms with Crippen molar-refractivity contribution in [1.29, 1.82) is 0 Å². The van der Waals surface area contributed by atoms with Crippen LogP contribution < -0.4 is 5.32 Å². The molecule has 2 N–H and O–H groups in total. The Morgan fingerprint density at radius 1 is 1.35 bits per heavy atom. The van der Waals surface area contributed by atoms with Crippen molar-refractivity contribution in [3.8, 4) is 0 Å². The molecule has 1 aromatic carbocycles. The summed E-state index contributed by atoms with van der Waals surface area (Å²) < 4.78 is 37.7. The van der Waals surface area contributed by atoms with Crippen LogP contribution in [-0.4, -0.2) is 48.3 Å². The Labute approximate surface area is 134 Å². The molecule has 0 spiro atoms. The van der Waals surface area contributed by atoms with Crippen molar-refractivity contribution in [1.82, 2.24) is 4.90 Å². The summed E-state index contributed by atoms with van der Waals surface area (Å²) in [5.41, 5.74) is 2.47. The highest BCUT2D eigenvalue weighted by atomic mass is 19.4. The van der Waals surface area contributed by atoms with Crippen molar-refractivity contribution >= 4 is 11.6 Å². The van der Waals surface area contributed by atoms with E-state index in [2.05, 4.69) is 5.32 Å². The number of carbonyl (C=O) groups is 1. The van der Waals surface area contributed by atoms with E-state index in [9.17, 15) is 18.0 Å². The van der Waals surface area contributed by atoms with Gasteiger partial charge < -0.3 is 10.4 Å². The molecule has 0 saturated heterocycles. The van der Waals surface area contributed by atoms with Crippen molar-refractivity contribution < 1.29 is 23.1 Å². The van der Waals surface area contributed by atoms with E-state index in [1.54, 1.807) is 0 Å². The van der Waals surface area contributed by atoms with Gasteiger partial charge in [-0.3, -0.25) is 9.69 Å². The van der Waals surface area contributed by atoms with Gasteiger partial charge in [-0.1, -0.05) is 25.1 Å². The Morgan fingerprint density at radius 3 is 2.61 bits per heavy atom. The lowest BCUT2D eigenvalue weighted by molar-refractivity contribution is -0.148. The van der Waals surface area contributed by atoms with Crippen LogP contribution in [0.3, 0.4) is 0 Å². The van der Waals surface area contributed by atoms with Crippen LogP contribution in [-0.2, 0) is 11.2 Å². The van der Waals surface area contributed by atoms with Gasteiger partial charge in [0, 0.05) is 18.8 Å². The number of nitrogens with zero attached hydrogens (tertiary/aromatic N) is 1. The Kier molecular flexibility index (Phi) is 7.51. The fourth-order valence-corrected chi connectivity index (χ4v) is 2.35. The highest BCUT2D eigenvalue weighted by molar-refractivity contribution is 5.93. The van der Waals surface area contributed by atoms with E-state index in [0.717, 1.165) is 16.0 Å². The van der Waals surface area contributed by atoms with Crippen LogP contribution in [0.4, 0.5) is 18.9 Å². The summed E-state index contributed by atoms with van der Waals surface area (Å²) in [6, 6.07) is 5.59. The molecule has 23 heavy (non-hydrogen) atoms. The van der Waals surface area contributed by atoms with E-state index in [-0.39, 0.29) is 26.1 Å². The van der Waals surface area contributed by atoms with Gasteiger partial charge in [0.15, 0.2) is 0 Å². The summed E-state index contributed by atoms with van der Waals surface area (Å²) in [5.74, 6) is -0.490. The number of rotatable bonds is 8. The quantitative estimate of drug-likeness (QED) is 0.770. The molecule has 0 aliphatic carbocycles. The molecule has 0 aliphatic heterocycles. The average molecular weight is 332 g/mol. The fraction of sp³-hybridized carbons (Fsp3) is 0.562. The van der Waals surface area contributed by atoms with Crippen LogP contribution in [0.5, 0.6) is 0 Å². The number of alkyl halides is 3. The van der Waals surface area contributed by atoms with E-state index >= 15 is 0 Å². The lowest BCUT2D eigenvalue weighted by Gasteiger charge is -2.23. The first-order valence-corrected chi connectivity index (χ1v) is 7.55. The molecule has 0 atom stereocenters. The Morgan fingerprint density at radius 2 is 2.04 bits per heavy atom. The van der Waals surface area contributed by atoms with Gasteiger partial charge in [0.2, 0.25) is 5.91 Å². The number of benzene rings is 1. The zero-order valence-corrected chi connectivity index (χ0v) is 13.4. The highest BCUT2D eigenvalue weighted by Crippen LogP contribution is 2.21. The molecule has 1 aromatic rings. The molecule has 130 valence electrons. The summed E-state index contributed by atoms with van der Waals surface area (Å²) in [5, 5.41) is 11.5. The number of carbonyl (C=O) groups excluding carboxylic acids is 1. The molecule has 0 bridgehead atoms. The van der Waals surface area contributed by atoms with Crippen molar-refractivity contribution in [3.63, 3.8) is 0 Å². The summed E-state index contributed by atoms with van der Waals surface area (Å²) in [4.78, 5) is 13.1. The van der Waals surface area contributed by atoms with Gasteiger partial charge >= 0.3 is 6.18 Å². The molecule has 0 radical (unpaired) electrons. The predicted octanol–water partition coefficient (Wildman–Crippen LogP) is 2.74. The first-order valence-electron chi connectivity index (χ1n) is 7.55. The van der Waals surface area contributed by atoms with Crippen molar-refractivity contribution in [2.45, 2.75) is 32.9 Å². The lowest BCUT2D eigenvalue weighted by Crippen LogP contribution is -2.40. The van der Waals surface area contributed by atoms with Crippen LogP contribution in [0.25, 0.3) is 0 Å². The van der Waals surface area contributed by atoms with Crippen LogP contribution in [0.1, 0.15) is 24.5 Å². The maximum Gasteiger partial charge on any atom is 0.401 e. The first-order chi connectivity index (χ1) is 10.8.